The van der Waals surface area contributed by atoms with Gasteiger partial charge in [0.25, 0.3) is 0 Å². The van der Waals surface area contributed by atoms with Crippen molar-refractivity contribution >= 4 is 21.8 Å². The van der Waals surface area contributed by atoms with Crippen LogP contribution in [0.4, 0.5) is 17.6 Å². The third kappa shape index (κ3) is 5.48. The SMILES string of the molecule is O=C(CCC(F)(F)F)NCc1cc(Br)ccc1F. The second-order valence-corrected chi connectivity index (χ2v) is 4.54. The summed E-state index contributed by atoms with van der Waals surface area (Å²) in [6, 6.07) is 4.16. The van der Waals surface area contributed by atoms with Gasteiger partial charge >= 0.3 is 6.18 Å². The minimum absolute atomic E-state index is 0.137. The zero-order valence-electron chi connectivity index (χ0n) is 9.15. The summed E-state index contributed by atoms with van der Waals surface area (Å²) in [6.07, 6.45) is -6.20. The maximum atomic E-state index is 13.2. The van der Waals surface area contributed by atoms with Gasteiger partial charge in [-0.3, -0.25) is 4.79 Å². The molecule has 1 rings (SSSR count). The average Bonchev–Trinajstić information content (AvgIpc) is 2.26. The van der Waals surface area contributed by atoms with Crippen LogP contribution in [0.2, 0.25) is 0 Å². The number of alkyl halides is 3. The molecule has 0 radical (unpaired) electrons. The summed E-state index contributed by atoms with van der Waals surface area (Å²) in [6.45, 7) is -0.137. The van der Waals surface area contributed by atoms with Gasteiger partial charge in [-0.15, -0.1) is 0 Å². The van der Waals surface area contributed by atoms with Crippen LogP contribution in [0.5, 0.6) is 0 Å². The molecule has 0 atom stereocenters. The smallest absolute Gasteiger partial charge is 0.352 e. The largest absolute Gasteiger partial charge is 0.389 e. The first-order chi connectivity index (χ1) is 8.28. The molecule has 100 valence electrons. The van der Waals surface area contributed by atoms with Crippen LogP contribution < -0.4 is 5.32 Å². The molecule has 0 saturated carbocycles. The molecule has 0 aliphatic rings. The molecule has 0 spiro atoms. The molecule has 0 aromatic heterocycles. The van der Waals surface area contributed by atoms with E-state index in [0.717, 1.165) is 0 Å². The highest BCUT2D eigenvalue weighted by Crippen LogP contribution is 2.21. The number of halogens is 5. The molecule has 1 N–H and O–H groups in total. The Morgan fingerprint density at radius 2 is 2.00 bits per heavy atom. The second kappa shape index (κ2) is 6.17. The van der Waals surface area contributed by atoms with Crippen LogP contribution in [0.15, 0.2) is 22.7 Å². The Balaban J connectivity index is 2.45. The van der Waals surface area contributed by atoms with E-state index in [4.69, 9.17) is 0 Å². The number of carbonyl (C=O) groups excluding carboxylic acids is 1. The van der Waals surface area contributed by atoms with Gasteiger partial charge in [-0.25, -0.2) is 4.39 Å². The number of hydrogen-bond acceptors (Lipinski definition) is 1. The van der Waals surface area contributed by atoms with Gasteiger partial charge in [0.1, 0.15) is 5.82 Å². The summed E-state index contributed by atoms with van der Waals surface area (Å²) >= 11 is 3.13. The summed E-state index contributed by atoms with van der Waals surface area (Å²) in [5.74, 6) is -1.28. The zero-order chi connectivity index (χ0) is 13.8. The summed E-state index contributed by atoms with van der Waals surface area (Å²) in [4.78, 5) is 11.1. The first-order valence-corrected chi connectivity index (χ1v) is 5.84. The van der Waals surface area contributed by atoms with E-state index in [-0.39, 0.29) is 12.1 Å². The Morgan fingerprint density at radius 3 is 2.61 bits per heavy atom. The molecule has 2 nitrogen and oxygen atoms in total. The van der Waals surface area contributed by atoms with Crippen LogP contribution in [-0.4, -0.2) is 12.1 Å². The van der Waals surface area contributed by atoms with Gasteiger partial charge in [0.2, 0.25) is 5.91 Å². The topological polar surface area (TPSA) is 29.1 Å². The molecule has 0 fully saturated rings. The van der Waals surface area contributed by atoms with Crippen LogP contribution in [0.25, 0.3) is 0 Å². The minimum atomic E-state index is -4.36. The van der Waals surface area contributed by atoms with Gasteiger partial charge in [0.15, 0.2) is 0 Å². The Morgan fingerprint density at radius 1 is 1.33 bits per heavy atom. The molecule has 0 heterocycles. The van der Waals surface area contributed by atoms with E-state index < -0.39 is 30.7 Å². The standard InChI is InChI=1S/C11H10BrF4NO/c12-8-1-2-9(13)7(5-8)6-17-10(18)3-4-11(14,15)16/h1-2,5H,3-4,6H2,(H,17,18). The van der Waals surface area contributed by atoms with E-state index >= 15 is 0 Å². The van der Waals surface area contributed by atoms with Gasteiger partial charge in [0, 0.05) is 23.0 Å². The fourth-order valence-corrected chi connectivity index (χ4v) is 1.62. The van der Waals surface area contributed by atoms with E-state index in [0.29, 0.717) is 4.47 Å². The number of rotatable bonds is 4. The minimum Gasteiger partial charge on any atom is -0.352 e. The Labute approximate surface area is 109 Å². The van der Waals surface area contributed by atoms with E-state index in [1.54, 1.807) is 0 Å². The lowest BCUT2D eigenvalue weighted by atomic mass is 10.2. The fourth-order valence-electron chi connectivity index (χ4n) is 1.22. The second-order valence-electron chi connectivity index (χ2n) is 3.63. The van der Waals surface area contributed by atoms with E-state index in [9.17, 15) is 22.4 Å². The molecule has 0 aliphatic heterocycles. The van der Waals surface area contributed by atoms with Crippen molar-refractivity contribution in [2.45, 2.75) is 25.6 Å². The first kappa shape index (κ1) is 14.9. The number of benzene rings is 1. The fraction of sp³-hybridized carbons (Fsp3) is 0.364. The Kier molecular flexibility index (Phi) is 5.13. The number of carbonyl (C=O) groups is 1. The molecular formula is C11H10BrF4NO. The monoisotopic (exact) mass is 327 g/mol. The highest BCUT2D eigenvalue weighted by Gasteiger charge is 2.27. The highest BCUT2D eigenvalue weighted by molar-refractivity contribution is 9.10. The van der Waals surface area contributed by atoms with Gasteiger partial charge in [0.05, 0.1) is 6.42 Å². The van der Waals surface area contributed by atoms with Crippen molar-refractivity contribution in [3.05, 3.63) is 34.1 Å². The van der Waals surface area contributed by atoms with Gasteiger partial charge < -0.3 is 5.32 Å². The molecule has 1 aromatic carbocycles. The zero-order valence-corrected chi connectivity index (χ0v) is 10.7. The lowest BCUT2D eigenvalue weighted by Crippen LogP contribution is -2.24. The molecule has 1 amide bonds. The summed E-state index contributed by atoms with van der Waals surface area (Å²) < 4.78 is 49.4. The lowest BCUT2D eigenvalue weighted by molar-refractivity contribution is -0.144. The molecule has 1 aromatic rings. The van der Waals surface area contributed by atoms with E-state index in [1.165, 1.54) is 18.2 Å². The molecule has 0 unspecified atom stereocenters. The van der Waals surface area contributed by atoms with Crippen LogP contribution in [0.1, 0.15) is 18.4 Å². The van der Waals surface area contributed by atoms with Crippen LogP contribution in [0.3, 0.4) is 0 Å². The Bertz CT molecular complexity index is 434. The summed E-state index contributed by atoms with van der Waals surface area (Å²) in [5, 5.41) is 2.24. The van der Waals surface area contributed by atoms with Crippen molar-refractivity contribution in [3.8, 4) is 0 Å². The predicted octanol–water partition coefficient (Wildman–Crippen LogP) is 3.55. The maximum Gasteiger partial charge on any atom is 0.389 e. The lowest BCUT2D eigenvalue weighted by Gasteiger charge is -2.08. The highest BCUT2D eigenvalue weighted by atomic mass is 79.9. The summed E-state index contributed by atoms with van der Waals surface area (Å²) in [7, 11) is 0. The molecule has 18 heavy (non-hydrogen) atoms. The third-order valence-electron chi connectivity index (χ3n) is 2.12. The average molecular weight is 328 g/mol. The predicted molar refractivity (Wildman–Crippen MR) is 61.2 cm³/mol. The van der Waals surface area contributed by atoms with Crippen LogP contribution in [0, 0.1) is 5.82 Å². The molecule has 0 saturated heterocycles. The maximum absolute atomic E-state index is 13.2. The molecule has 0 bridgehead atoms. The quantitative estimate of drug-likeness (QED) is 0.842. The van der Waals surface area contributed by atoms with E-state index in [2.05, 4.69) is 21.2 Å². The van der Waals surface area contributed by atoms with Crippen molar-refractivity contribution in [1.82, 2.24) is 5.32 Å². The van der Waals surface area contributed by atoms with Crippen LogP contribution in [-0.2, 0) is 11.3 Å². The first-order valence-electron chi connectivity index (χ1n) is 5.05. The van der Waals surface area contributed by atoms with Crippen molar-refractivity contribution in [2.75, 3.05) is 0 Å². The molecular weight excluding hydrogens is 318 g/mol. The van der Waals surface area contributed by atoms with Gasteiger partial charge in [-0.05, 0) is 18.2 Å². The molecule has 7 heteroatoms. The number of nitrogens with one attached hydrogen (secondary N) is 1. The number of amides is 1. The Hall–Kier alpha value is -1.11. The van der Waals surface area contributed by atoms with Crippen molar-refractivity contribution in [3.63, 3.8) is 0 Å². The van der Waals surface area contributed by atoms with Crippen molar-refractivity contribution < 1.29 is 22.4 Å². The molecule has 0 aliphatic carbocycles. The number of hydrogen-bond donors (Lipinski definition) is 1. The van der Waals surface area contributed by atoms with Crippen molar-refractivity contribution in [2.24, 2.45) is 0 Å². The normalized spacial score (nSPS) is 11.4. The van der Waals surface area contributed by atoms with E-state index in [1.807, 2.05) is 0 Å². The van der Waals surface area contributed by atoms with Gasteiger partial charge in [-0.2, -0.15) is 13.2 Å². The van der Waals surface area contributed by atoms with Gasteiger partial charge in [-0.1, -0.05) is 15.9 Å². The summed E-state index contributed by atoms with van der Waals surface area (Å²) in [5.41, 5.74) is 0.213. The van der Waals surface area contributed by atoms with Crippen LogP contribution >= 0.6 is 15.9 Å². The third-order valence-corrected chi connectivity index (χ3v) is 2.61. The van der Waals surface area contributed by atoms with Crippen molar-refractivity contribution in [1.29, 1.82) is 0 Å².